The van der Waals surface area contributed by atoms with Crippen LogP contribution in [0.2, 0.25) is 5.02 Å². The van der Waals surface area contributed by atoms with Gasteiger partial charge in [0.05, 0.1) is 21.5 Å². The Labute approximate surface area is 218 Å². The van der Waals surface area contributed by atoms with Crippen LogP contribution < -0.4 is 10.6 Å². The SMILES string of the molecule is Cc1cc(C(=O)Nc2nc3ccc(NC(=O)CSc4ccc(Cl)cc4)cc3s2)cc(C)c1C(F)(F)F. The molecule has 0 aliphatic carbocycles. The number of rotatable bonds is 6. The topological polar surface area (TPSA) is 71.1 Å². The highest BCUT2D eigenvalue weighted by atomic mass is 35.5. The first-order valence-corrected chi connectivity index (χ1v) is 12.8. The number of thioether (sulfide) groups is 1. The van der Waals surface area contributed by atoms with E-state index in [4.69, 9.17) is 11.6 Å². The molecule has 5 nitrogen and oxygen atoms in total. The minimum atomic E-state index is -4.49. The van der Waals surface area contributed by atoms with Crippen LogP contribution in [-0.4, -0.2) is 22.6 Å². The van der Waals surface area contributed by atoms with Gasteiger partial charge in [0.15, 0.2) is 5.13 Å². The van der Waals surface area contributed by atoms with Gasteiger partial charge < -0.3 is 5.32 Å². The van der Waals surface area contributed by atoms with Crippen molar-refractivity contribution in [1.82, 2.24) is 4.98 Å². The molecule has 0 aliphatic rings. The van der Waals surface area contributed by atoms with Crippen LogP contribution in [0.3, 0.4) is 0 Å². The highest BCUT2D eigenvalue weighted by molar-refractivity contribution is 8.00. The summed E-state index contributed by atoms with van der Waals surface area (Å²) in [5.41, 5.74) is 0.532. The van der Waals surface area contributed by atoms with Crippen LogP contribution in [0.4, 0.5) is 24.0 Å². The molecule has 4 aromatic rings. The second kappa shape index (κ2) is 10.5. The predicted octanol–water partition coefficient (Wildman–Crippen LogP) is 7.57. The average Bonchev–Trinajstić information content (AvgIpc) is 3.18. The highest BCUT2D eigenvalue weighted by Gasteiger charge is 2.34. The largest absolute Gasteiger partial charge is 0.416 e. The van der Waals surface area contributed by atoms with E-state index in [9.17, 15) is 22.8 Å². The summed E-state index contributed by atoms with van der Waals surface area (Å²) in [6.45, 7) is 2.65. The fourth-order valence-corrected chi connectivity index (χ4v) is 5.37. The van der Waals surface area contributed by atoms with Gasteiger partial charge in [-0.25, -0.2) is 4.98 Å². The van der Waals surface area contributed by atoms with E-state index >= 15 is 0 Å². The van der Waals surface area contributed by atoms with Gasteiger partial charge in [-0.05, 0) is 79.6 Å². The summed E-state index contributed by atoms with van der Waals surface area (Å²) in [5, 5.41) is 6.41. The van der Waals surface area contributed by atoms with Gasteiger partial charge in [-0.15, -0.1) is 11.8 Å². The van der Waals surface area contributed by atoms with Gasteiger partial charge in [-0.1, -0.05) is 22.9 Å². The fraction of sp³-hybridized carbons (Fsp3) is 0.160. The normalized spacial score (nSPS) is 11.5. The molecule has 2 N–H and O–H groups in total. The third-order valence-corrected chi connectivity index (χ3v) is 7.35. The van der Waals surface area contributed by atoms with Crippen LogP contribution in [0.1, 0.15) is 27.0 Å². The Balaban J connectivity index is 1.42. The molecule has 3 aromatic carbocycles. The number of nitrogens with one attached hydrogen (secondary N) is 2. The van der Waals surface area contributed by atoms with Crippen molar-refractivity contribution in [3.8, 4) is 0 Å². The smallest absolute Gasteiger partial charge is 0.325 e. The second-order valence-corrected chi connectivity index (χ2v) is 10.4. The van der Waals surface area contributed by atoms with E-state index in [1.807, 2.05) is 12.1 Å². The molecule has 1 aromatic heterocycles. The van der Waals surface area contributed by atoms with Crippen LogP contribution in [-0.2, 0) is 11.0 Å². The molecule has 2 amide bonds. The van der Waals surface area contributed by atoms with Crippen molar-refractivity contribution in [1.29, 1.82) is 0 Å². The molecular weight excluding hydrogens is 531 g/mol. The molecule has 0 spiro atoms. The summed E-state index contributed by atoms with van der Waals surface area (Å²) in [6.07, 6.45) is -4.49. The van der Waals surface area contributed by atoms with Crippen molar-refractivity contribution in [3.05, 3.63) is 81.9 Å². The van der Waals surface area contributed by atoms with Crippen molar-refractivity contribution >= 4 is 67.5 Å². The Morgan fingerprint density at radius 3 is 2.31 bits per heavy atom. The maximum atomic E-state index is 13.2. The van der Waals surface area contributed by atoms with E-state index in [1.54, 1.807) is 30.3 Å². The van der Waals surface area contributed by atoms with E-state index in [0.29, 0.717) is 21.4 Å². The zero-order chi connectivity index (χ0) is 26.0. The molecule has 1 heterocycles. The molecule has 0 radical (unpaired) electrons. The monoisotopic (exact) mass is 549 g/mol. The summed E-state index contributed by atoms with van der Waals surface area (Å²) in [4.78, 5) is 30.3. The molecule has 0 aliphatic heterocycles. The van der Waals surface area contributed by atoms with Crippen molar-refractivity contribution in [3.63, 3.8) is 0 Å². The summed E-state index contributed by atoms with van der Waals surface area (Å²) < 4.78 is 40.4. The standard InChI is InChI=1S/C25H19ClF3N3O2S2/c1-13-9-15(10-14(2)22(13)25(27,28)29)23(34)32-24-31-19-8-5-17(11-20(19)36-24)30-21(33)12-35-18-6-3-16(26)4-7-18/h3-11H,12H2,1-2H3,(H,30,33)(H,31,32,34). The lowest BCUT2D eigenvalue weighted by Gasteiger charge is -2.15. The van der Waals surface area contributed by atoms with Crippen molar-refractivity contribution in [2.75, 3.05) is 16.4 Å². The van der Waals surface area contributed by atoms with Crippen molar-refractivity contribution in [2.45, 2.75) is 24.9 Å². The first kappa shape index (κ1) is 26.0. The van der Waals surface area contributed by atoms with Gasteiger partial charge in [0, 0.05) is 21.2 Å². The Kier molecular flexibility index (Phi) is 7.58. The summed E-state index contributed by atoms with van der Waals surface area (Å²) in [7, 11) is 0. The first-order valence-electron chi connectivity index (χ1n) is 10.6. The number of anilines is 2. The number of aromatic nitrogens is 1. The Morgan fingerprint density at radius 2 is 1.67 bits per heavy atom. The molecule has 186 valence electrons. The van der Waals surface area contributed by atoms with E-state index < -0.39 is 17.6 Å². The third kappa shape index (κ3) is 6.18. The minimum absolute atomic E-state index is 0.0217. The van der Waals surface area contributed by atoms with E-state index in [2.05, 4.69) is 15.6 Å². The number of alkyl halides is 3. The van der Waals surface area contributed by atoms with Gasteiger partial charge >= 0.3 is 6.18 Å². The van der Waals surface area contributed by atoms with Gasteiger partial charge in [0.25, 0.3) is 5.91 Å². The number of hydrogen-bond acceptors (Lipinski definition) is 5. The molecule has 0 bridgehead atoms. The lowest BCUT2D eigenvalue weighted by Crippen LogP contribution is -2.15. The second-order valence-electron chi connectivity index (χ2n) is 7.93. The van der Waals surface area contributed by atoms with Gasteiger partial charge in [0.1, 0.15) is 0 Å². The van der Waals surface area contributed by atoms with Crippen LogP contribution in [0.15, 0.2) is 59.5 Å². The number of benzene rings is 3. The van der Waals surface area contributed by atoms with Crippen molar-refractivity contribution in [2.24, 2.45) is 0 Å². The number of carbonyl (C=O) groups is 2. The van der Waals surface area contributed by atoms with Crippen LogP contribution in [0.25, 0.3) is 10.2 Å². The van der Waals surface area contributed by atoms with Crippen LogP contribution in [0.5, 0.6) is 0 Å². The zero-order valence-electron chi connectivity index (χ0n) is 19.0. The lowest BCUT2D eigenvalue weighted by atomic mass is 9.98. The van der Waals surface area contributed by atoms with E-state index in [-0.39, 0.29) is 28.4 Å². The Bertz CT molecular complexity index is 1430. The molecule has 4 rings (SSSR count). The number of nitrogens with zero attached hydrogens (tertiary/aromatic N) is 1. The fourth-order valence-electron chi connectivity index (χ4n) is 3.64. The molecule has 0 saturated carbocycles. The Hall–Kier alpha value is -3.08. The summed E-state index contributed by atoms with van der Waals surface area (Å²) >= 11 is 8.45. The molecule has 0 saturated heterocycles. The van der Waals surface area contributed by atoms with Gasteiger partial charge in [-0.3, -0.25) is 14.9 Å². The lowest BCUT2D eigenvalue weighted by molar-refractivity contribution is -0.138. The third-order valence-electron chi connectivity index (χ3n) is 5.15. The molecular formula is C25H19ClF3N3O2S2. The number of hydrogen-bond donors (Lipinski definition) is 2. The number of amides is 2. The molecule has 0 fully saturated rings. The van der Waals surface area contributed by atoms with Gasteiger partial charge in [-0.2, -0.15) is 13.2 Å². The number of halogens is 4. The van der Waals surface area contributed by atoms with E-state index in [0.717, 1.165) is 9.60 Å². The van der Waals surface area contributed by atoms with Gasteiger partial charge in [0.2, 0.25) is 5.91 Å². The number of carbonyl (C=O) groups excluding carboxylic acids is 2. The Morgan fingerprint density at radius 1 is 1.00 bits per heavy atom. The maximum Gasteiger partial charge on any atom is 0.416 e. The average molecular weight is 550 g/mol. The predicted molar refractivity (Wildman–Crippen MR) is 139 cm³/mol. The van der Waals surface area contributed by atoms with Crippen LogP contribution >= 0.6 is 34.7 Å². The molecule has 0 atom stereocenters. The molecule has 11 heteroatoms. The maximum absolute atomic E-state index is 13.2. The minimum Gasteiger partial charge on any atom is -0.325 e. The number of aryl methyl sites for hydroxylation is 2. The van der Waals surface area contributed by atoms with Crippen LogP contribution in [0, 0.1) is 13.8 Å². The van der Waals surface area contributed by atoms with Crippen molar-refractivity contribution < 1.29 is 22.8 Å². The van der Waals surface area contributed by atoms with E-state index in [1.165, 1.54) is 49.1 Å². The molecule has 0 unspecified atom stereocenters. The molecule has 36 heavy (non-hydrogen) atoms. The zero-order valence-corrected chi connectivity index (χ0v) is 21.4. The number of thiazole rings is 1. The quantitative estimate of drug-likeness (QED) is 0.243. The summed E-state index contributed by atoms with van der Waals surface area (Å²) in [6, 6.07) is 14.8. The summed E-state index contributed by atoms with van der Waals surface area (Å²) in [5.74, 6) is -0.516. The highest BCUT2D eigenvalue weighted by Crippen LogP contribution is 2.35. The number of fused-ring (bicyclic) bond motifs is 1. The first-order chi connectivity index (χ1) is 17.0.